The van der Waals surface area contributed by atoms with Crippen molar-refractivity contribution in [1.29, 1.82) is 0 Å². The normalized spacial score (nSPS) is 30.8. The summed E-state index contributed by atoms with van der Waals surface area (Å²) in [6, 6.07) is 0.479. The van der Waals surface area contributed by atoms with E-state index in [1.54, 1.807) is 0 Å². The average Bonchev–Trinajstić information content (AvgIpc) is 2.29. The third-order valence-electron chi connectivity index (χ3n) is 4.38. The number of nitrogens with one attached hydrogen (secondary N) is 1. The predicted octanol–water partition coefficient (Wildman–Crippen LogP) is 2.50. The second kappa shape index (κ2) is 6.42. The molecule has 0 amide bonds. The van der Waals surface area contributed by atoms with Crippen molar-refractivity contribution >= 4 is 0 Å². The van der Waals surface area contributed by atoms with Gasteiger partial charge in [0.05, 0.1) is 0 Å². The Morgan fingerprint density at radius 1 is 1.47 bits per heavy atom. The van der Waals surface area contributed by atoms with Gasteiger partial charge in [0.2, 0.25) is 0 Å². The number of rotatable bonds is 4. The quantitative estimate of drug-likeness (QED) is 0.755. The lowest BCUT2D eigenvalue weighted by Gasteiger charge is -2.49. The second-order valence-electron chi connectivity index (χ2n) is 5.67. The molecule has 1 saturated carbocycles. The van der Waals surface area contributed by atoms with E-state index < -0.39 is 0 Å². The van der Waals surface area contributed by atoms with Gasteiger partial charge in [-0.3, -0.25) is 0 Å². The summed E-state index contributed by atoms with van der Waals surface area (Å²) < 4.78 is 0. The van der Waals surface area contributed by atoms with Crippen LogP contribution in [0, 0.1) is 17.8 Å². The van der Waals surface area contributed by atoms with Crippen molar-refractivity contribution in [3.8, 4) is 11.8 Å². The molecule has 1 aliphatic rings. The van der Waals surface area contributed by atoms with E-state index in [1.807, 2.05) is 6.92 Å². The Morgan fingerprint density at radius 3 is 2.65 bits per heavy atom. The Bertz CT molecular complexity index is 287. The van der Waals surface area contributed by atoms with Crippen LogP contribution >= 0.6 is 0 Å². The Labute approximate surface area is 107 Å². The minimum Gasteiger partial charge on any atom is -0.314 e. The van der Waals surface area contributed by atoms with Crippen LogP contribution in [-0.2, 0) is 0 Å². The summed E-state index contributed by atoms with van der Waals surface area (Å²) in [6.07, 6.45) is 6.26. The van der Waals surface area contributed by atoms with Crippen LogP contribution < -0.4 is 5.32 Å². The van der Waals surface area contributed by atoms with Gasteiger partial charge in [-0.25, -0.2) is 0 Å². The van der Waals surface area contributed by atoms with Crippen molar-refractivity contribution in [2.24, 2.45) is 5.92 Å². The fraction of sp³-hybridized carbons (Fsp3) is 0.867. The van der Waals surface area contributed by atoms with Gasteiger partial charge in [0.1, 0.15) is 0 Å². The molecule has 98 valence electrons. The molecule has 17 heavy (non-hydrogen) atoms. The van der Waals surface area contributed by atoms with E-state index in [1.165, 1.54) is 25.7 Å². The van der Waals surface area contributed by atoms with Crippen LogP contribution in [0.4, 0.5) is 0 Å². The minimum absolute atomic E-state index is 0.288. The number of likely N-dealkylation sites (N-methyl/N-ethyl adjacent to an activating group) is 2. The maximum atomic E-state index is 3.51. The summed E-state index contributed by atoms with van der Waals surface area (Å²) in [5, 5.41) is 3.51. The molecule has 3 unspecified atom stereocenters. The van der Waals surface area contributed by atoms with Crippen molar-refractivity contribution in [2.45, 2.75) is 57.5 Å². The lowest BCUT2D eigenvalue weighted by atomic mass is 9.70. The first kappa shape index (κ1) is 14.5. The van der Waals surface area contributed by atoms with E-state index in [9.17, 15) is 0 Å². The Balaban J connectivity index is 2.90. The molecule has 0 heterocycles. The van der Waals surface area contributed by atoms with Gasteiger partial charge in [-0.15, -0.1) is 11.8 Å². The zero-order valence-corrected chi connectivity index (χ0v) is 12.1. The molecule has 0 aromatic heterocycles. The van der Waals surface area contributed by atoms with Gasteiger partial charge in [0.25, 0.3) is 0 Å². The second-order valence-corrected chi connectivity index (χ2v) is 5.67. The molecular weight excluding hydrogens is 208 g/mol. The molecule has 0 aliphatic heterocycles. The summed E-state index contributed by atoms with van der Waals surface area (Å²) in [5.74, 6) is 7.11. The van der Waals surface area contributed by atoms with Gasteiger partial charge in [0.15, 0.2) is 0 Å². The van der Waals surface area contributed by atoms with E-state index >= 15 is 0 Å². The highest BCUT2D eigenvalue weighted by Crippen LogP contribution is 2.38. The number of nitrogens with zero attached hydrogens (tertiary/aromatic N) is 1. The fourth-order valence-corrected chi connectivity index (χ4v) is 3.36. The minimum atomic E-state index is 0.288. The topological polar surface area (TPSA) is 15.3 Å². The van der Waals surface area contributed by atoms with Crippen LogP contribution in [-0.4, -0.2) is 37.6 Å². The molecule has 0 bridgehead atoms. The van der Waals surface area contributed by atoms with E-state index in [4.69, 9.17) is 0 Å². The van der Waals surface area contributed by atoms with Gasteiger partial charge >= 0.3 is 0 Å². The highest BCUT2D eigenvalue weighted by molar-refractivity contribution is 5.08. The predicted molar refractivity (Wildman–Crippen MR) is 75.0 cm³/mol. The first-order chi connectivity index (χ1) is 8.06. The molecule has 0 aromatic carbocycles. The van der Waals surface area contributed by atoms with Gasteiger partial charge in [-0.1, -0.05) is 19.8 Å². The van der Waals surface area contributed by atoms with Crippen LogP contribution in [0.2, 0.25) is 0 Å². The first-order valence-electron chi connectivity index (χ1n) is 6.81. The Kier molecular flexibility index (Phi) is 5.49. The van der Waals surface area contributed by atoms with Gasteiger partial charge in [-0.2, -0.15) is 0 Å². The van der Waals surface area contributed by atoms with E-state index in [-0.39, 0.29) is 5.54 Å². The average molecular weight is 236 g/mol. The lowest BCUT2D eigenvalue weighted by Crippen LogP contribution is -2.60. The highest BCUT2D eigenvalue weighted by atomic mass is 15.2. The van der Waals surface area contributed by atoms with E-state index in [0.29, 0.717) is 6.04 Å². The Hall–Kier alpha value is -0.520. The summed E-state index contributed by atoms with van der Waals surface area (Å²) in [7, 11) is 6.52. The summed E-state index contributed by atoms with van der Waals surface area (Å²) in [6.45, 7) is 4.31. The van der Waals surface area contributed by atoms with Gasteiger partial charge in [0, 0.05) is 18.0 Å². The highest BCUT2D eigenvalue weighted by Gasteiger charge is 2.42. The molecule has 1 N–H and O–H groups in total. The third kappa shape index (κ3) is 3.24. The van der Waals surface area contributed by atoms with Crippen LogP contribution in [0.25, 0.3) is 0 Å². The van der Waals surface area contributed by atoms with E-state index in [0.717, 1.165) is 12.3 Å². The third-order valence-corrected chi connectivity index (χ3v) is 4.38. The zero-order chi connectivity index (χ0) is 12.9. The van der Waals surface area contributed by atoms with Crippen molar-refractivity contribution < 1.29 is 0 Å². The lowest BCUT2D eigenvalue weighted by molar-refractivity contribution is 0.0415. The van der Waals surface area contributed by atoms with Gasteiger partial charge in [-0.05, 0) is 46.8 Å². The smallest absolute Gasteiger partial charge is 0.0368 e. The van der Waals surface area contributed by atoms with Crippen molar-refractivity contribution in [1.82, 2.24) is 10.2 Å². The van der Waals surface area contributed by atoms with E-state index in [2.05, 4.69) is 50.1 Å². The molecule has 1 rings (SSSR count). The van der Waals surface area contributed by atoms with Crippen LogP contribution in [0.15, 0.2) is 0 Å². The molecule has 2 nitrogen and oxygen atoms in total. The SMILES string of the molecule is CC#CCC(NC)C1(N(C)C)CCCC(C)C1. The maximum Gasteiger partial charge on any atom is 0.0368 e. The first-order valence-corrected chi connectivity index (χ1v) is 6.81. The molecule has 0 spiro atoms. The van der Waals surface area contributed by atoms with Gasteiger partial charge < -0.3 is 10.2 Å². The number of hydrogen-bond donors (Lipinski definition) is 1. The molecule has 0 aromatic rings. The molecule has 2 heteroatoms. The van der Waals surface area contributed by atoms with Crippen LogP contribution in [0.1, 0.15) is 46.0 Å². The summed E-state index contributed by atoms with van der Waals surface area (Å²) in [4.78, 5) is 2.43. The molecule has 1 aliphatic carbocycles. The molecule has 0 radical (unpaired) electrons. The van der Waals surface area contributed by atoms with Crippen molar-refractivity contribution in [2.75, 3.05) is 21.1 Å². The monoisotopic (exact) mass is 236 g/mol. The van der Waals surface area contributed by atoms with Crippen molar-refractivity contribution in [3.63, 3.8) is 0 Å². The molecule has 3 atom stereocenters. The standard InChI is InChI=1S/C15H28N2/c1-6-7-10-14(16-3)15(17(4)5)11-8-9-13(2)12-15/h13-14,16H,8-12H2,1-5H3. The van der Waals surface area contributed by atoms with Crippen LogP contribution in [0.3, 0.4) is 0 Å². The molecule has 0 saturated heterocycles. The van der Waals surface area contributed by atoms with Crippen LogP contribution in [0.5, 0.6) is 0 Å². The molecule has 1 fully saturated rings. The largest absolute Gasteiger partial charge is 0.314 e. The summed E-state index contributed by atoms with van der Waals surface area (Å²) in [5.41, 5.74) is 0.288. The zero-order valence-electron chi connectivity index (χ0n) is 12.1. The fourth-order valence-electron chi connectivity index (χ4n) is 3.36. The molecular formula is C15H28N2. The summed E-state index contributed by atoms with van der Waals surface area (Å²) >= 11 is 0. The Morgan fingerprint density at radius 2 is 2.18 bits per heavy atom. The maximum absolute atomic E-state index is 3.51. The number of hydrogen-bond acceptors (Lipinski definition) is 2. The van der Waals surface area contributed by atoms with Crippen molar-refractivity contribution in [3.05, 3.63) is 0 Å².